The number of aliphatic hydroxyl groups excluding tert-OH is 2. The van der Waals surface area contributed by atoms with E-state index in [1.54, 1.807) is 27.7 Å². The highest BCUT2D eigenvalue weighted by molar-refractivity contribution is 5.75. The highest BCUT2D eigenvalue weighted by atomic mass is 16.5. The van der Waals surface area contributed by atoms with Gasteiger partial charge < -0.3 is 14.9 Å². The van der Waals surface area contributed by atoms with Gasteiger partial charge in [-0.15, -0.1) is 0 Å². The van der Waals surface area contributed by atoms with E-state index in [4.69, 9.17) is 0 Å². The first kappa shape index (κ1) is 12.4. The maximum absolute atomic E-state index is 11.0. The predicted octanol–water partition coefficient (Wildman–Crippen LogP) is 0.317. The van der Waals surface area contributed by atoms with E-state index in [-0.39, 0.29) is 6.61 Å². The monoisotopic (exact) mass is 190 g/mol. The normalized spacial score (nSPS) is 16.5. The summed E-state index contributed by atoms with van der Waals surface area (Å²) in [7, 11) is 0. The summed E-state index contributed by atoms with van der Waals surface area (Å²) >= 11 is 0. The molecule has 0 amide bonds. The van der Waals surface area contributed by atoms with Crippen molar-refractivity contribution in [3.05, 3.63) is 0 Å². The molecule has 0 saturated heterocycles. The summed E-state index contributed by atoms with van der Waals surface area (Å²) in [5.74, 6) is -0.773. The fraction of sp³-hybridized carbons (Fsp3) is 0.889. The minimum absolute atomic E-state index is 0.201. The molecule has 0 saturated carbocycles. The van der Waals surface area contributed by atoms with Crippen LogP contribution in [0.1, 0.15) is 27.7 Å². The number of esters is 1. The Labute approximate surface area is 78.5 Å². The number of hydrogen-bond acceptors (Lipinski definition) is 4. The van der Waals surface area contributed by atoms with E-state index < -0.39 is 23.6 Å². The van der Waals surface area contributed by atoms with Crippen molar-refractivity contribution in [3.8, 4) is 0 Å². The molecular weight excluding hydrogens is 172 g/mol. The molecule has 0 aromatic carbocycles. The van der Waals surface area contributed by atoms with Crippen molar-refractivity contribution in [2.45, 2.75) is 39.9 Å². The zero-order chi connectivity index (χ0) is 10.6. The van der Waals surface area contributed by atoms with Crippen LogP contribution in [-0.2, 0) is 9.53 Å². The molecule has 0 bridgehead atoms. The molecule has 4 heteroatoms. The molecule has 4 nitrogen and oxygen atoms in total. The van der Waals surface area contributed by atoms with Crippen molar-refractivity contribution in [2.75, 3.05) is 6.61 Å². The van der Waals surface area contributed by atoms with Crippen LogP contribution in [0.4, 0.5) is 0 Å². The van der Waals surface area contributed by atoms with Crippen LogP contribution in [0, 0.1) is 5.41 Å². The van der Waals surface area contributed by atoms with Crippen molar-refractivity contribution in [1.82, 2.24) is 0 Å². The second-order valence-corrected chi connectivity index (χ2v) is 4.01. The van der Waals surface area contributed by atoms with Gasteiger partial charge in [0.05, 0.1) is 12.7 Å². The Morgan fingerprint density at radius 2 is 1.85 bits per heavy atom. The molecular formula is C9H18O4. The van der Waals surface area contributed by atoms with Crippen LogP contribution in [0.5, 0.6) is 0 Å². The third kappa shape index (κ3) is 3.74. The molecule has 2 unspecified atom stereocenters. The summed E-state index contributed by atoms with van der Waals surface area (Å²) < 4.78 is 4.57. The number of carbonyl (C=O) groups excluding carboxylic acids is 1. The summed E-state index contributed by atoms with van der Waals surface area (Å²) in [6.45, 7) is 7.06. The molecule has 0 aromatic heterocycles. The van der Waals surface area contributed by atoms with Gasteiger partial charge in [-0.25, -0.2) is 4.79 Å². The molecule has 2 N–H and O–H groups in total. The molecule has 0 radical (unpaired) electrons. The first-order valence-electron chi connectivity index (χ1n) is 4.33. The lowest BCUT2D eigenvalue weighted by molar-refractivity contribution is -0.163. The third-order valence-electron chi connectivity index (χ3n) is 1.71. The number of hydrogen-bond donors (Lipinski definition) is 2. The van der Waals surface area contributed by atoms with Crippen molar-refractivity contribution in [3.63, 3.8) is 0 Å². The molecule has 0 aromatic rings. The van der Waals surface area contributed by atoms with Gasteiger partial charge in [-0.05, 0) is 12.3 Å². The molecule has 0 spiro atoms. The Morgan fingerprint density at radius 3 is 2.15 bits per heavy atom. The third-order valence-corrected chi connectivity index (χ3v) is 1.71. The largest absolute Gasteiger partial charge is 0.464 e. The zero-order valence-corrected chi connectivity index (χ0v) is 8.57. The SMILES string of the molecule is CCOC(=O)C(O)C(O)C(C)(C)C. The van der Waals surface area contributed by atoms with Crippen LogP contribution in [0.25, 0.3) is 0 Å². The lowest BCUT2D eigenvalue weighted by atomic mass is 9.86. The fourth-order valence-electron chi connectivity index (χ4n) is 0.830. The van der Waals surface area contributed by atoms with E-state index in [1.165, 1.54) is 0 Å². The van der Waals surface area contributed by atoms with Crippen LogP contribution in [0.2, 0.25) is 0 Å². The van der Waals surface area contributed by atoms with Gasteiger partial charge in [0.2, 0.25) is 0 Å². The van der Waals surface area contributed by atoms with E-state index in [2.05, 4.69) is 4.74 Å². The molecule has 2 atom stereocenters. The van der Waals surface area contributed by atoms with Gasteiger partial charge in [0, 0.05) is 0 Å². The highest BCUT2D eigenvalue weighted by Crippen LogP contribution is 2.22. The van der Waals surface area contributed by atoms with Crippen LogP contribution in [-0.4, -0.2) is 35.0 Å². The maximum Gasteiger partial charge on any atom is 0.337 e. The molecule has 0 rings (SSSR count). The van der Waals surface area contributed by atoms with Gasteiger partial charge >= 0.3 is 5.97 Å². The summed E-state index contributed by atoms with van der Waals surface area (Å²) in [6.07, 6.45) is -2.56. The average molecular weight is 190 g/mol. The topological polar surface area (TPSA) is 66.8 Å². The van der Waals surface area contributed by atoms with E-state index in [1.807, 2.05) is 0 Å². The Bertz CT molecular complexity index is 171. The van der Waals surface area contributed by atoms with Crippen molar-refractivity contribution in [2.24, 2.45) is 5.41 Å². The van der Waals surface area contributed by atoms with Crippen LogP contribution in [0.3, 0.4) is 0 Å². The van der Waals surface area contributed by atoms with E-state index >= 15 is 0 Å². The molecule has 0 aliphatic rings. The first-order valence-corrected chi connectivity index (χ1v) is 4.33. The molecule has 0 aliphatic heterocycles. The van der Waals surface area contributed by atoms with Gasteiger partial charge in [0.25, 0.3) is 0 Å². The molecule has 13 heavy (non-hydrogen) atoms. The molecule has 0 fully saturated rings. The van der Waals surface area contributed by atoms with E-state index in [9.17, 15) is 15.0 Å². The fourth-order valence-corrected chi connectivity index (χ4v) is 0.830. The van der Waals surface area contributed by atoms with Crippen molar-refractivity contribution in [1.29, 1.82) is 0 Å². The number of carbonyl (C=O) groups is 1. The van der Waals surface area contributed by atoms with Gasteiger partial charge in [-0.2, -0.15) is 0 Å². The second kappa shape index (κ2) is 4.58. The van der Waals surface area contributed by atoms with Crippen molar-refractivity contribution >= 4 is 5.97 Å². The van der Waals surface area contributed by atoms with Crippen LogP contribution < -0.4 is 0 Å². The predicted molar refractivity (Wildman–Crippen MR) is 48.1 cm³/mol. The van der Waals surface area contributed by atoms with Gasteiger partial charge in [-0.1, -0.05) is 20.8 Å². The van der Waals surface area contributed by atoms with Crippen LogP contribution >= 0.6 is 0 Å². The average Bonchev–Trinajstić information content (AvgIpc) is 2.00. The molecule has 0 heterocycles. The number of rotatable bonds is 3. The van der Waals surface area contributed by atoms with Crippen LogP contribution in [0.15, 0.2) is 0 Å². The first-order chi connectivity index (χ1) is 5.80. The molecule has 78 valence electrons. The van der Waals surface area contributed by atoms with E-state index in [0.717, 1.165) is 0 Å². The Balaban J connectivity index is 4.25. The Kier molecular flexibility index (Phi) is 4.36. The lowest BCUT2D eigenvalue weighted by Crippen LogP contribution is -2.43. The molecule has 0 aliphatic carbocycles. The zero-order valence-electron chi connectivity index (χ0n) is 8.57. The number of ether oxygens (including phenoxy) is 1. The Hall–Kier alpha value is -0.610. The standard InChI is InChI=1S/C9H18O4/c1-5-13-8(12)6(10)7(11)9(2,3)4/h6-7,10-11H,5H2,1-4H3. The summed E-state index contributed by atoms with van der Waals surface area (Å²) in [5, 5.41) is 18.8. The van der Waals surface area contributed by atoms with Gasteiger partial charge in [-0.3, -0.25) is 0 Å². The van der Waals surface area contributed by atoms with Gasteiger partial charge in [0.1, 0.15) is 0 Å². The minimum Gasteiger partial charge on any atom is -0.464 e. The summed E-state index contributed by atoms with van der Waals surface area (Å²) in [6, 6.07) is 0. The maximum atomic E-state index is 11.0. The Morgan fingerprint density at radius 1 is 1.38 bits per heavy atom. The van der Waals surface area contributed by atoms with E-state index in [0.29, 0.717) is 0 Å². The van der Waals surface area contributed by atoms with Crippen molar-refractivity contribution < 1.29 is 19.7 Å². The highest BCUT2D eigenvalue weighted by Gasteiger charge is 2.34. The minimum atomic E-state index is -1.46. The second-order valence-electron chi connectivity index (χ2n) is 4.01. The lowest BCUT2D eigenvalue weighted by Gasteiger charge is -2.28. The smallest absolute Gasteiger partial charge is 0.337 e. The summed E-state index contributed by atoms with van der Waals surface area (Å²) in [4.78, 5) is 11.0. The number of aliphatic hydroxyl groups is 2. The quantitative estimate of drug-likeness (QED) is 0.629. The summed E-state index contributed by atoms with van der Waals surface area (Å²) in [5.41, 5.74) is -0.536. The van der Waals surface area contributed by atoms with Gasteiger partial charge in [0.15, 0.2) is 6.10 Å².